The Hall–Kier alpha value is -3.21. The molecule has 34 heavy (non-hydrogen) atoms. The number of halogens is 5. The Morgan fingerprint density at radius 2 is 1.85 bits per heavy atom. The first-order chi connectivity index (χ1) is 16.1. The molecule has 182 valence electrons. The fourth-order valence-corrected chi connectivity index (χ4v) is 4.14. The number of carbonyl (C=O) groups excluding carboxylic acids is 1. The number of carbonyl (C=O) groups is 1. The molecule has 1 aromatic carbocycles. The lowest BCUT2D eigenvalue weighted by atomic mass is 10.0. The number of aromatic nitrogens is 1. The minimum atomic E-state index is -4.68. The summed E-state index contributed by atoms with van der Waals surface area (Å²) >= 11 is 0.452. The van der Waals surface area contributed by atoms with Crippen LogP contribution in [-0.4, -0.2) is 24.7 Å². The van der Waals surface area contributed by atoms with Crippen molar-refractivity contribution >= 4 is 17.3 Å². The fourth-order valence-electron chi connectivity index (χ4n) is 3.18. The molecule has 0 bridgehead atoms. The molecule has 0 atom stereocenters. The van der Waals surface area contributed by atoms with Gasteiger partial charge in [0.2, 0.25) is 5.88 Å². The third kappa shape index (κ3) is 6.02. The summed E-state index contributed by atoms with van der Waals surface area (Å²) in [6, 6.07) is 4.96. The second-order valence-electron chi connectivity index (χ2n) is 7.03. The summed E-state index contributed by atoms with van der Waals surface area (Å²) in [5, 5.41) is 1.29. The quantitative estimate of drug-likeness (QED) is 0.259. The lowest BCUT2D eigenvalue weighted by molar-refractivity contribution is -0.143. The average molecular weight is 501 g/mol. The van der Waals surface area contributed by atoms with Crippen molar-refractivity contribution in [2.45, 2.75) is 32.5 Å². The van der Waals surface area contributed by atoms with Crippen LogP contribution in [0.4, 0.5) is 22.0 Å². The summed E-state index contributed by atoms with van der Waals surface area (Å²) in [5.41, 5.74) is 0.460. The highest BCUT2D eigenvalue weighted by atomic mass is 32.1. The first-order valence-electron chi connectivity index (χ1n) is 10.1. The van der Waals surface area contributed by atoms with E-state index in [4.69, 9.17) is 14.2 Å². The topological polar surface area (TPSA) is 57.7 Å². The Bertz CT molecular complexity index is 1120. The molecule has 0 unspecified atom stereocenters. The van der Waals surface area contributed by atoms with E-state index in [-0.39, 0.29) is 42.0 Å². The molecule has 0 saturated heterocycles. The summed E-state index contributed by atoms with van der Waals surface area (Å²) in [6.45, 7) is 1.10. The second kappa shape index (κ2) is 10.8. The van der Waals surface area contributed by atoms with Gasteiger partial charge in [0.25, 0.3) is 0 Å². The Kier molecular flexibility index (Phi) is 8.08. The van der Waals surface area contributed by atoms with Crippen molar-refractivity contribution in [3.05, 3.63) is 63.5 Å². The number of hydrogen-bond acceptors (Lipinski definition) is 6. The van der Waals surface area contributed by atoms with Crippen LogP contribution in [0.2, 0.25) is 0 Å². The maximum atomic E-state index is 14.5. The highest BCUT2D eigenvalue weighted by Gasteiger charge is 2.37. The average Bonchev–Trinajstić information content (AvgIpc) is 3.22. The number of hydrogen-bond donors (Lipinski definition) is 0. The van der Waals surface area contributed by atoms with Crippen LogP contribution in [0.5, 0.6) is 11.6 Å². The third-order valence-electron chi connectivity index (χ3n) is 4.75. The van der Waals surface area contributed by atoms with E-state index in [0.29, 0.717) is 16.9 Å². The molecule has 0 amide bonds. The lowest BCUT2D eigenvalue weighted by Gasteiger charge is -2.14. The molecule has 0 aliphatic carbocycles. The van der Waals surface area contributed by atoms with E-state index in [1.807, 2.05) is 0 Å². The van der Waals surface area contributed by atoms with Crippen molar-refractivity contribution in [2.75, 3.05) is 13.7 Å². The Morgan fingerprint density at radius 3 is 2.41 bits per heavy atom. The van der Waals surface area contributed by atoms with Gasteiger partial charge in [-0.3, -0.25) is 4.79 Å². The van der Waals surface area contributed by atoms with Crippen molar-refractivity contribution in [1.29, 1.82) is 0 Å². The van der Waals surface area contributed by atoms with Crippen LogP contribution in [0.15, 0.2) is 35.8 Å². The van der Waals surface area contributed by atoms with Gasteiger partial charge in [-0.15, -0.1) is 11.3 Å². The monoisotopic (exact) mass is 501 g/mol. The van der Waals surface area contributed by atoms with E-state index >= 15 is 0 Å². The maximum absolute atomic E-state index is 14.5. The molecule has 5 nitrogen and oxygen atoms in total. The van der Waals surface area contributed by atoms with Crippen LogP contribution in [0.1, 0.15) is 29.3 Å². The van der Waals surface area contributed by atoms with Crippen molar-refractivity contribution in [1.82, 2.24) is 4.98 Å². The number of alkyl halides is 3. The van der Waals surface area contributed by atoms with Gasteiger partial charge in [-0.25, -0.2) is 13.8 Å². The minimum absolute atomic E-state index is 0.0321. The lowest BCUT2D eigenvalue weighted by Crippen LogP contribution is -2.10. The van der Waals surface area contributed by atoms with Gasteiger partial charge in [0.15, 0.2) is 17.4 Å². The van der Waals surface area contributed by atoms with Crippen LogP contribution >= 0.6 is 11.3 Å². The largest absolute Gasteiger partial charge is 0.483 e. The molecule has 2 heterocycles. The number of benzene rings is 1. The zero-order chi connectivity index (χ0) is 24.9. The molecule has 0 N–H and O–H groups in total. The van der Waals surface area contributed by atoms with Gasteiger partial charge in [0.05, 0.1) is 13.7 Å². The Balaban J connectivity index is 1.85. The number of aryl methyl sites for hydroxylation is 1. The van der Waals surface area contributed by atoms with Crippen molar-refractivity contribution in [3.8, 4) is 22.8 Å². The van der Waals surface area contributed by atoms with Crippen LogP contribution in [0, 0.1) is 11.6 Å². The number of esters is 1. The van der Waals surface area contributed by atoms with E-state index in [1.165, 1.54) is 30.8 Å². The van der Waals surface area contributed by atoms with Crippen LogP contribution in [-0.2, 0) is 28.7 Å². The van der Waals surface area contributed by atoms with E-state index in [2.05, 4.69) is 4.98 Å². The highest BCUT2D eigenvalue weighted by molar-refractivity contribution is 7.10. The molecule has 0 saturated carbocycles. The van der Waals surface area contributed by atoms with E-state index in [1.54, 1.807) is 6.92 Å². The molecule has 3 rings (SSSR count). The zero-order valence-corrected chi connectivity index (χ0v) is 19.0. The molecule has 0 aliphatic rings. The molecule has 0 aliphatic heterocycles. The fraction of sp³-hybridized carbons (Fsp3) is 0.304. The first-order valence-corrected chi connectivity index (χ1v) is 11.0. The van der Waals surface area contributed by atoms with Crippen molar-refractivity contribution < 1.29 is 41.0 Å². The van der Waals surface area contributed by atoms with Gasteiger partial charge >= 0.3 is 12.1 Å². The van der Waals surface area contributed by atoms with Gasteiger partial charge in [-0.1, -0.05) is 0 Å². The molecular formula is C23H20F5NO4S. The smallest absolute Gasteiger partial charge is 0.426 e. The number of thiophene rings is 1. The van der Waals surface area contributed by atoms with Crippen LogP contribution in [0.3, 0.4) is 0 Å². The third-order valence-corrected chi connectivity index (χ3v) is 5.82. The molecule has 3 aromatic rings. The highest BCUT2D eigenvalue weighted by Crippen LogP contribution is 2.42. The van der Waals surface area contributed by atoms with Crippen LogP contribution in [0.25, 0.3) is 11.1 Å². The molecule has 2 aromatic heterocycles. The normalized spacial score (nSPS) is 11.4. The number of pyridine rings is 1. The first kappa shape index (κ1) is 25.4. The van der Waals surface area contributed by atoms with E-state index < -0.39 is 41.0 Å². The number of rotatable bonds is 9. The van der Waals surface area contributed by atoms with Gasteiger partial charge in [-0.05, 0) is 42.5 Å². The SMILES string of the molecule is CCOC(=O)CCc1cc(F)c(OCc2c(-c3ccc(OC)nc3)csc2C(F)(F)F)c(F)c1. The minimum Gasteiger partial charge on any atom is -0.483 e. The van der Waals surface area contributed by atoms with E-state index in [9.17, 15) is 26.7 Å². The summed E-state index contributed by atoms with van der Waals surface area (Å²) < 4.78 is 84.7. The maximum Gasteiger partial charge on any atom is 0.426 e. The molecular weight excluding hydrogens is 481 g/mol. The zero-order valence-electron chi connectivity index (χ0n) is 18.2. The molecule has 0 spiro atoms. The standard InChI is InChI=1S/C23H20F5NO4S/c1-3-32-20(30)7-4-13-8-17(24)21(18(25)9-13)33-11-15-16(12-34-22(15)23(26,27)28)14-5-6-19(31-2)29-10-14/h5-6,8-10,12H,3-4,7,11H2,1-2H3. The van der Waals surface area contributed by atoms with Crippen molar-refractivity contribution in [3.63, 3.8) is 0 Å². The van der Waals surface area contributed by atoms with Gasteiger partial charge in [0.1, 0.15) is 11.5 Å². The van der Waals surface area contributed by atoms with Crippen molar-refractivity contribution in [2.24, 2.45) is 0 Å². The molecule has 11 heteroatoms. The predicted molar refractivity (Wildman–Crippen MR) is 115 cm³/mol. The summed E-state index contributed by atoms with van der Waals surface area (Å²) in [6.07, 6.45) is -3.39. The van der Waals surface area contributed by atoms with Gasteiger partial charge in [-0.2, -0.15) is 13.2 Å². The Labute approximate surface area is 196 Å². The summed E-state index contributed by atoms with van der Waals surface area (Å²) in [5.74, 6) is -3.22. The van der Waals surface area contributed by atoms with E-state index in [0.717, 1.165) is 12.1 Å². The van der Waals surface area contributed by atoms with Crippen LogP contribution < -0.4 is 9.47 Å². The molecule has 0 fully saturated rings. The number of ether oxygens (including phenoxy) is 3. The summed E-state index contributed by atoms with van der Waals surface area (Å²) in [4.78, 5) is 14.5. The predicted octanol–water partition coefficient (Wildman–Crippen LogP) is 6.19. The number of methoxy groups -OCH3 is 1. The second-order valence-corrected chi connectivity index (χ2v) is 7.91. The number of nitrogens with zero attached hydrogens (tertiary/aromatic N) is 1. The van der Waals surface area contributed by atoms with Gasteiger partial charge in [0, 0.05) is 35.4 Å². The van der Waals surface area contributed by atoms with Gasteiger partial charge < -0.3 is 14.2 Å². The summed E-state index contributed by atoms with van der Waals surface area (Å²) in [7, 11) is 1.40. The molecule has 0 radical (unpaired) electrons. The Morgan fingerprint density at radius 1 is 1.15 bits per heavy atom.